The van der Waals surface area contributed by atoms with E-state index in [4.69, 9.17) is 23.7 Å². The zero-order valence-electron chi connectivity index (χ0n) is 24.6. The van der Waals surface area contributed by atoms with E-state index >= 15 is 0 Å². The second-order valence-electron chi connectivity index (χ2n) is 9.74. The largest absolute Gasteiger partial charge is 0.507 e. The average Bonchev–Trinajstić information content (AvgIpc) is 3.02. The van der Waals surface area contributed by atoms with Gasteiger partial charge in [-0.15, -0.1) is 0 Å². The van der Waals surface area contributed by atoms with Crippen molar-refractivity contribution >= 4 is 21.8 Å². The highest BCUT2D eigenvalue weighted by Gasteiger charge is 2.20. The molecular weight excluding hydrogens is 604 g/mol. The lowest BCUT2D eigenvalue weighted by Crippen LogP contribution is -2.13. The number of aryl methyl sites for hydroxylation is 1. The van der Waals surface area contributed by atoms with Crippen LogP contribution in [0.2, 0.25) is 0 Å². The maximum absolute atomic E-state index is 12.9. The molecule has 0 bridgehead atoms. The number of aromatic hydroxyl groups is 1. The molecule has 0 radical (unpaired) electrons. The normalized spacial score (nSPS) is 11.0. The molecule has 0 atom stereocenters. The number of rotatable bonds is 15. The van der Waals surface area contributed by atoms with Crippen LogP contribution in [0.15, 0.2) is 89.8 Å². The molecule has 4 aromatic rings. The van der Waals surface area contributed by atoms with E-state index in [-0.39, 0.29) is 65.3 Å². The minimum Gasteiger partial charge on any atom is -0.507 e. The molecule has 0 saturated carbocycles. The molecule has 0 amide bonds. The molecule has 0 spiro atoms. The number of phenolic OH excluding ortho intramolecular Hbond substituents is 1. The fraction of sp³-hybridized carbons (Fsp3) is 0.212. The van der Waals surface area contributed by atoms with Crippen molar-refractivity contribution in [2.75, 3.05) is 32.7 Å². The molecule has 236 valence electrons. The fourth-order valence-corrected chi connectivity index (χ4v) is 5.36. The van der Waals surface area contributed by atoms with E-state index in [0.717, 1.165) is 5.56 Å². The van der Waals surface area contributed by atoms with Crippen molar-refractivity contribution in [1.82, 2.24) is 0 Å². The highest BCUT2D eigenvalue weighted by atomic mass is 32.2. The second kappa shape index (κ2) is 15.0. The van der Waals surface area contributed by atoms with E-state index in [9.17, 15) is 28.2 Å². The molecule has 12 heteroatoms. The first-order valence-electron chi connectivity index (χ1n) is 13.8. The first-order chi connectivity index (χ1) is 21.6. The van der Waals surface area contributed by atoms with Crippen LogP contribution in [0.1, 0.15) is 32.7 Å². The first-order valence-corrected chi connectivity index (χ1v) is 15.5. The third kappa shape index (κ3) is 9.13. The molecular formula is C33H32O11S. The summed E-state index contributed by atoms with van der Waals surface area (Å²) >= 11 is 0. The van der Waals surface area contributed by atoms with Crippen molar-refractivity contribution in [3.63, 3.8) is 0 Å². The number of ether oxygens (including phenoxy) is 5. The fourth-order valence-electron chi connectivity index (χ4n) is 4.08. The highest BCUT2D eigenvalue weighted by molar-refractivity contribution is 7.91. The van der Waals surface area contributed by atoms with E-state index in [1.807, 2.05) is 6.92 Å². The number of phenols is 1. The van der Waals surface area contributed by atoms with E-state index in [1.54, 1.807) is 55.6 Å². The number of hydrogen-bond acceptors (Lipinski definition) is 10. The number of carboxylic acids is 1. The van der Waals surface area contributed by atoms with E-state index < -0.39 is 27.5 Å². The van der Waals surface area contributed by atoms with E-state index in [1.165, 1.54) is 36.4 Å². The first kappa shape index (κ1) is 32.7. The summed E-state index contributed by atoms with van der Waals surface area (Å²) in [6, 6.07) is 21.3. The predicted octanol–water partition coefficient (Wildman–Crippen LogP) is 5.33. The Hall–Kier alpha value is -5.23. The summed E-state index contributed by atoms with van der Waals surface area (Å²) in [5.74, 6) is -1.48. The number of esters is 1. The van der Waals surface area contributed by atoms with Gasteiger partial charge in [-0.3, -0.25) is 0 Å². The van der Waals surface area contributed by atoms with Crippen molar-refractivity contribution in [2.45, 2.75) is 18.2 Å². The van der Waals surface area contributed by atoms with Crippen LogP contribution in [-0.2, 0) is 9.84 Å². The Bertz CT molecular complexity index is 1730. The van der Waals surface area contributed by atoms with E-state index in [2.05, 4.69) is 0 Å². The van der Waals surface area contributed by atoms with Crippen LogP contribution in [-0.4, -0.2) is 63.3 Å². The van der Waals surface area contributed by atoms with Crippen LogP contribution in [0, 0.1) is 6.92 Å². The van der Waals surface area contributed by atoms with Gasteiger partial charge in [-0.1, -0.05) is 17.7 Å². The minimum atomic E-state index is -3.47. The maximum Gasteiger partial charge on any atom is 0.347 e. The molecule has 0 aromatic heterocycles. The third-order valence-electron chi connectivity index (χ3n) is 6.46. The van der Waals surface area contributed by atoms with Crippen molar-refractivity contribution in [3.8, 4) is 34.5 Å². The SMILES string of the molecule is COc1ccc(OCCOc2ccc(C(=O)O)c(OC(=O)c3ccc(OCCCS(=O)(=O)c4ccc(C)cc4)cc3O)c2)cc1. The molecule has 45 heavy (non-hydrogen) atoms. The van der Waals surface area contributed by atoms with Crippen LogP contribution in [0.5, 0.6) is 34.5 Å². The lowest BCUT2D eigenvalue weighted by molar-refractivity contribution is 0.0680. The summed E-state index contributed by atoms with van der Waals surface area (Å²) < 4.78 is 52.2. The monoisotopic (exact) mass is 636 g/mol. The Kier molecular flexibility index (Phi) is 10.9. The average molecular weight is 637 g/mol. The molecule has 0 aliphatic rings. The standard InChI is InChI=1S/C33H32O11S/c1-22-4-12-27(13-5-22)45(38,39)19-3-16-41-25-10-14-28(30(34)20-25)33(37)44-31-21-26(11-15-29(31)32(35)36)43-18-17-42-24-8-6-23(40-2)7-9-24/h4-15,20-21,34H,3,16-19H2,1-2H3,(H,35,36). The summed E-state index contributed by atoms with van der Waals surface area (Å²) in [7, 11) is -1.91. The van der Waals surface area contributed by atoms with Gasteiger partial charge in [0.15, 0.2) is 9.84 Å². The van der Waals surface area contributed by atoms with Crippen molar-refractivity contribution in [3.05, 3.63) is 102 Å². The van der Waals surface area contributed by atoms with Crippen LogP contribution in [0.4, 0.5) is 0 Å². The quantitative estimate of drug-likeness (QED) is 0.0989. The maximum atomic E-state index is 12.9. The summed E-state index contributed by atoms with van der Waals surface area (Å²) in [6.07, 6.45) is 0.199. The zero-order valence-corrected chi connectivity index (χ0v) is 25.4. The molecule has 11 nitrogen and oxygen atoms in total. The predicted molar refractivity (Wildman–Crippen MR) is 164 cm³/mol. The highest BCUT2D eigenvalue weighted by Crippen LogP contribution is 2.29. The van der Waals surface area contributed by atoms with Gasteiger partial charge in [0.1, 0.15) is 58.8 Å². The number of carbonyl (C=O) groups is 2. The van der Waals surface area contributed by atoms with Crippen molar-refractivity contribution < 1.29 is 51.9 Å². The number of benzene rings is 4. The number of carboxylic acid groups (broad SMARTS) is 1. The molecule has 4 aromatic carbocycles. The Morgan fingerprint density at radius 2 is 1.27 bits per heavy atom. The van der Waals surface area contributed by atoms with Crippen LogP contribution in [0.3, 0.4) is 0 Å². The van der Waals surface area contributed by atoms with E-state index in [0.29, 0.717) is 11.5 Å². The number of hydrogen-bond donors (Lipinski definition) is 2. The van der Waals surface area contributed by atoms with Crippen LogP contribution < -0.4 is 23.7 Å². The summed E-state index contributed by atoms with van der Waals surface area (Å²) in [4.78, 5) is 24.8. The van der Waals surface area contributed by atoms with Gasteiger partial charge < -0.3 is 33.9 Å². The summed E-state index contributed by atoms with van der Waals surface area (Å²) in [5.41, 5.74) is 0.433. The smallest absolute Gasteiger partial charge is 0.347 e. The molecule has 0 aliphatic heterocycles. The summed E-state index contributed by atoms with van der Waals surface area (Å²) in [5, 5.41) is 20.0. The van der Waals surface area contributed by atoms with Crippen LogP contribution >= 0.6 is 0 Å². The van der Waals surface area contributed by atoms with Gasteiger partial charge in [0, 0.05) is 12.1 Å². The second-order valence-corrected chi connectivity index (χ2v) is 11.8. The van der Waals surface area contributed by atoms with Gasteiger partial charge in [-0.05, 0) is 74.0 Å². The Balaban J connectivity index is 1.32. The Labute approximate surface area is 260 Å². The molecule has 0 saturated heterocycles. The zero-order chi connectivity index (χ0) is 32.4. The molecule has 0 heterocycles. The van der Waals surface area contributed by atoms with Gasteiger partial charge in [0.05, 0.1) is 24.4 Å². The lowest BCUT2D eigenvalue weighted by Gasteiger charge is -2.13. The van der Waals surface area contributed by atoms with Crippen LogP contribution in [0.25, 0.3) is 0 Å². The number of aromatic carboxylic acids is 1. The molecule has 2 N–H and O–H groups in total. The van der Waals surface area contributed by atoms with Gasteiger partial charge in [-0.2, -0.15) is 0 Å². The number of methoxy groups -OCH3 is 1. The van der Waals surface area contributed by atoms with Crippen molar-refractivity contribution in [1.29, 1.82) is 0 Å². The lowest BCUT2D eigenvalue weighted by atomic mass is 10.1. The third-order valence-corrected chi connectivity index (χ3v) is 8.28. The van der Waals surface area contributed by atoms with Gasteiger partial charge in [-0.25, -0.2) is 18.0 Å². The van der Waals surface area contributed by atoms with Crippen molar-refractivity contribution in [2.24, 2.45) is 0 Å². The Morgan fingerprint density at radius 3 is 1.89 bits per heavy atom. The topological polar surface area (TPSA) is 155 Å². The Morgan fingerprint density at radius 1 is 0.711 bits per heavy atom. The molecule has 0 aliphatic carbocycles. The molecule has 0 fully saturated rings. The van der Waals surface area contributed by atoms with Gasteiger partial charge >= 0.3 is 11.9 Å². The number of sulfone groups is 1. The van der Waals surface area contributed by atoms with Gasteiger partial charge in [0.2, 0.25) is 0 Å². The summed E-state index contributed by atoms with van der Waals surface area (Å²) in [6.45, 7) is 2.22. The number of carbonyl (C=O) groups excluding carboxylic acids is 1. The minimum absolute atomic E-state index is 0.0498. The molecule has 0 unspecified atom stereocenters. The molecule has 4 rings (SSSR count). The van der Waals surface area contributed by atoms with Gasteiger partial charge in [0.25, 0.3) is 0 Å².